The molecule has 1 aromatic rings. The van der Waals surface area contributed by atoms with Crippen LogP contribution >= 0.6 is 0 Å². The lowest BCUT2D eigenvalue weighted by Crippen LogP contribution is -2.47. The van der Waals surface area contributed by atoms with Crippen LogP contribution in [0.25, 0.3) is 0 Å². The number of nitrogen functional groups attached to an aromatic ring is 1. The Hall–Kier alpha value is -1.36. The molecular weight excluding hydrogens is 262 g/mol. The van der Waals surface area contributed by atoms with E-state index in [0.29, 0.717) is 12.0 Å². The molecule has 5 nitrogen and oxygen atoms in total. The van der Waals surface area contributed by atoms with Crippen LogP contribution in [0.5, 0.6) is 0 Å². The molecule has 21 heavy (non-hydrogen) atoms. The van der Waals surface area contributed by atoms with Gasteiger partial charge >= 0.3 is 0 Å². The van der Waals surface area contributed by atoms with Gasteiger partial charge in [0.2, 0.25) is 0 Å². The molecule has 0 radical (unpaired) electrons. The molecule has 2 heterocycles. The van der Waals surface area contributed by atoms with E-state index in [1.165, 1.54) is 38.5 Å². The highest BCUT2D eigenvalue weighted by atomic mass is 15.3. The molecule has 5 heteroatoms. The number of hydrogen-bond acceptors (Lipinski definition) is 5. The zero-order valence-electron chi connectivity index (χ0n) is 13.2. The SMILES string of the molecule is CC(C)c1nc(NN)cc(N2CCCC3CCCCC32)n1. The highest BCUT2D eigenvalue weighted by molar-refractivity contribution is 5.50. The van der Waals surface area contributed by atoms with Gasteiger partial charge in [-0.15, -0.1) is 0 Å². The first-order chi connectivity index (χ1) is 10.2. The Morgan fingerprint density at radius 3 is 2.71 bits per heavy atom. The minimum atomic E-state index is 0.309. The Morgan fingerprint density at radius 2 is 1.95 bits per heavy atom. The van der Waals surface area contributed by atoms with Crippen LogP contribution < -0.4 is 16.2 Å². The summed E-state index contributed by atoms with van der Waals surface area (Å²) in [6.07, 6.45) is 8.08. The smallest absolute Gasteiger partial charge is 0.145 e. The van der Waals surface area contributed by atoms with E-state index in [9.17, 15) is 0 Å². The molecule has 0 amide bonds. The number of nitrogens with one attached hydrogen (secondary N) is 1. The van der Waals surface area contributed by atoms with E-state index in [-0.39, 0.29) is 0 Å². The Bertz CT molecular complexity index is 486. The largest absolute Gasteiger partial charge is 0.353 e. The number of nitrogens with two attached hydrogens (primary N) is 1. The Labute approximate surface area is 127 Å². The van der Waals surface area contributed by atoms with E-state index in [1.54, 1.807) is 0 Å². The number of aromatic nitrogens is 2. The van der Waals surface area contributed by atoms with Crippen molar-refractivity contribution in [2.75, 3.05) is 16.9 Å². The highest BCUT2D eigenvalue weighted by Gasteiger charge is 2.34. The molecule has 1 aliphatic carbocycles. The lowest BCUT2D eigenvalue weighted by Gasteiger charge is -2.45. The van der Waals surface area contributed by atoms with Crippen molar-refractivity contribution in [3.63, 3.8) is 0 Å². The lowest BCUT2D eigenvalue weighted by molar-refractivity contribution is 0.242. The van der Waals surface area contributed by atoms with Gasteiger partial charge < -0.3 is 10.3 Å². The van der Waals surface area contributed by atoms with Crippen LogP contribution in [0.3, 0.4) is 0 Å². The number of nitrogens with zero attached hydrogens (tertiary/aromatic N) is 3. The lowest BCUT2D eigenvalue weighted by atomic mass is 9.78. The summed E-state index contributed by atoms with van der Waals surface area (Å²) in [7, 11) is 0. The van der Waals surface area contributed by atoms with Crippen molar-refractivity contribution in [3.8, 4) is 0 Å². The maximum Gasteiger partial charge on any atom is 0.145 e. The Balaban J connectivity index is 1.92. The summed E-state index contributed by atoms with van der Waals surface area (Å²) in [6, 6.07) is 2.66. The van der Waals surface area contributed by atoms with Gasteiger partial charge in [-0.3, -0.25) is 0 Å². The van der Waals surface area contributed by atoms with Crippen LogP contribution in [0.1, 0.15) is 64.1 Å². The van der Waals surface area contributed by atoms with Crippen molar-refractivity contribution in [3.05, 3.63) is 11.9 Å². The zero-order chi connectivity index (χ0) is 14.8. The Morgan fingerprint density at radius 1 is 1.19 bits per heavy atom. The van der Waals surface area contributed by atoms with Crippen LogP contribution in [0.4, 0.5) is 11.6 Å². The standard InChI is InChI=1S/C16H27N5/c1-11(2)16-18-14(20-17)10-15(19-16)21-9-5-7-12-6-3-4-8-13(12)21/h10-13H,3-9,17H2,1-2H3,(H,18,19,20). The first-order valence-electron chi connectivity index (χ1n) is 8.31. The number of hydrogen-bond donors (Lipinski definition) is 2. The van der Waals surface area contributed by atoms with Crippen LogP contribution in [-0.2, 0) is 0 Å². The predicted molar refractivity (Wildman–Crippen MR) is 86.3 cm³/mol. The number of rotatable bonds is 3. The third-order valence-electron chi connectivity index (χ3n) is 4.93. The first kappa shape index (κ1) is 14.6. The molecule has 1 saturated carbocycles. The summed E-state index contributed by atoms with van der Waals surface area (Å²) >= 11 is 0. The topological polar surface area (TPSA) is 67.1 Å². The molecule has 1 aliphatic heterocycles. The zero-order valence-corrected chi connectivity index (χ0v) is 13.2. The fraction of sp³-hybridized carbons (Fsp3) is 0.750. The van der Waals surface area contributed by atoms with E-state index in [0.717, 1.165) is 29.9 Å². The summed E-state index contributed by atoms with van der Waals surface area (Å²) in [5, 5.41) is 0. The van der Waals surface area contributed by atoms with E-state index >= 15 is 0 Å². The quantitative estimate of drug-likeness (QED) is 0.661. The van der Waals surface area contributed by atoms with Crippen LogP contribution in [0, 0.1) is 5.92 Å². The van der Waals surface area contributed by atoms with Crippen LogP contribution in [-0.4, -0.2) is 22.6 Å². The van der Waals surface area contributed by atoms with Gasteiger partial charge in [0, 0.05) is 24.6 Å². The molecule has 3 N–H and O–H groups in total. The maximum atomic E-state index is 5.59. The van der Waals surface area contributed by atoms with Crippen LogP contribution in [0.15, 0.2) is 6.07 Å². The molecule has 2 aliphatic rings. The van der Waals surface area contributed by atoms with Gasteiger partial charge in [-0.25, -0.2) is 15.8 Å². The third kappa shape index (κ3) is 2.98. The average molecular weight is 289 g/mol. The molecule has 2 atom stereocenters. The fourth-order valence-corrected chi connectivity index (χ4v) is 3.84. The van der Waals surface area contributed by atoms with Crippen molar-refractivity contribution in [2.45, 2.75) is 64.3 Å². The average Bonchev–Trinajstić information content (AvgIpc) is 2.53. The highest BCUT2D eigenvalue weighted by Crippen LogP contribution is 2.37. The van der Waals surface area contributed by atoms with Crippen molar-refractivity contribution < 1.29 is 0 Å². The minimum Gasteiger partial charge on any atom is -0.353 e. The fourth-order valence-electron chi connectivity index (χ4n) is 3.84. The van der Waals surface area contributed by atoms with Crippen molar-refractivity contribution in [1.29, 1.82) is 0 Å². The number of hydrazine groups is 1. The predicted octanol–water partition coefficient (Wildman–Crippen LogP) is 3.04. The summed E-state index contributed by atoms with van der Waals surface area (Å²) in [5.74, 6) is 9.40. The maximum absolute atomic E-state index is 5.59. The van der Waals surface area contributed by atoms with Gasteiger partial charge in [0.1, 0.15) is 17.5 Å². The molecule has 0 bridgehead atoms. The molecule has 3 rings (SSSR count). The van der Waals surface area contributed by atoms with Crippen LogP contribution in [0.2, 0.25) is 0 Å². The summed E-state index contributed by atoms with van der Waals surface area (Å²) in [5.41, 5.74) is 2.70. The van der Waals surface area contributed by atoms with Gasteiger partial charge in [0.25, 0.3) is 0 Å². The van der Waals surface area contributed by atoms with Gasteiger partial charge in [-0.1, -0.05) is 26.7 Å². The van der Waals surface area contributed by atoms with Crippen molar-refractivity contribution in [2.24, 2.45) is 11.8 Å². The Kier molecular flexibility index (Phi) is 4.29. The minimum absolute atomic E-state index is 0.309. The first-order valence-corrected chi connectivity index (χ1v) is 8.31. The molecule has 2 unspecified atom stereocenters. The third-order valence-corrected chi connectivity index (χ3v) is 4.93. The summed E-state index contributed by atoms with van der Waals surface area (Å²) < 4.78 is 0. The number of piperidine rings is 1. The van der Waals surface area contributed by atoms with Gasteiger partial charge in [0.05, 0.1) is 0 Å². The molecule has 116 valence electrons. The number of anilines is 2. The molecular formula is C16H27N5. The van der Waals surface area contributed by atoms with Crippen molar-refractivity contribution >= 4 is 11.6 Å². The van der Waals surface area contributed by atoms with E-state index in [1.807, 2.05) is 6.07 Å². The normalized spacial score (nSPS) is 25.8. The second-order valence-corrected chi connectivity index (χ2v) is 6.72. The molecule has 0 spiro atoms. The number of fused-ring (bicyclic) bond motifs is 1. The van der Waals surface area contributed by atoms with Gasteiger partial charge in [0.15, 0.2) is 0 Å². The van der Waals surface area contributed by atoms with E-state index in [2.05, 4.69) is 29.2 Å². The molecule has 1 saturated heterocycles. The second-order valence-electron chi connectivity index (χ2n) is 6.72. The second kappa shape index (κ2) is 6.18. The molecule has 1 aromatic heterocycles. The molecule has 2 fully saturated rings. The molecule has 0 aromatic carbocycles. The van der Waals surface area contributed by atoms with Crippen molar-refractivity contribution in [1.82, 2.24) is 9.97 Å². The monoisotopic (exact) mass is 289 g/mol. The van der Waals surface area contributed by atoms with Gasteiger partial charge in [-0.2, -0.15) is 0 Å². The van der Waals surface area contributed by atoms with E-state index < -0.39 is 0 Å². The van der Waals surface area contributed by atoms with Gasteiger partial charge in [-0.05, 0) is 31.6 Å². The summed E-state index contributed by atoms with van der Waals surface area (Å²) in [4.78, 5) is 11.8. The van der Waals surface area contributed by atoms with E-state index in [4.69, 9.17) is 10.8 Å². The summed E-state index contributed by atoms with van der Waals surface area (Å²) in [6.45, 7) is 5.36.